The molecule has 0 aromatic heterocycles. The van der Waals surface area contributed by atoms with E-state index in [4.69, 9.17) is 0 Å². The molecule has 0 radical (unpaired) electrons. The number of alkyl halides is 3. The van der Waals surface area contributed by atoms with Crippen molar-refractivity contribution in [1.29, 1.82) is 0 Å². The van der Waals surface area contributed by atoms with Crippen LogP contribution in [0.5, 0.6) is 5.75 Å². The number of hydrogen-bond donors (Lipinski definition) is 1. The van der Waals surface area contributed by atoms with E-state index in [2.05, 4.69) is 41.9 Å². The Morgan fingerprint density at radius 1 is 0.906 bits per heavy atom. The van der Waals surface area contributed by atoms with Crippen molar-refractivity contribution in [2.75, 3.05) is 10.2 Å². The zero-order valence-corrected chi connectivity index (χ0v) is 19.4. The normalized spacial score (nSPS) is 16.2. The Morgan fingerprint density at radius 3 is 2.16 bits per heavy atom. The van der Waals surface area contributed by atoms with Crippen LogP contribution in [0.4, 0.5) is 24.5 Å². The van der Waals surface area contributed by atoms with E-state index in [1.807, 2.05) is 24.3 Å². The van der Waals surface area contributed by atoms with Crippen molar-refractivity contribution in [2.24, 2.45) is 0 Å². The molecule has 0 aliphatic carbocycles. The SMILES string of the molecule is O=C1C(Nc2ccc(Br)cc2)=CC(c2cccc(OC(F)(F)F)c2)N1c1ccc(Br)cc1. The fourth-order valence-corrected chi connectivity index (χ4v) is 3.89. The quantitative estimate of drug-likeness (QED) is 0.355. The average molecular weight is 568 g/mol. The van der Waals surface area contributed by atoms with Crippen LogP contribution in [-0.4, -0.2) is 12.3 Å². The van der Waals surface area contributed by atoms with Gasteiger partial charge in [-0.1, -0.05) is 44.0 Å². The van der Waals surface area contributed by atoms with Gasteiger partial charge in [0.1, 0.15) is 11.4 Å². The topological polar surface area (TPSA) is 41.6 Å². The Labute approximate surface area is 198 Å². The van der Waals surface area contributed by atoms with Crippen LogP contribution in [0.25, 0.3) is 0 Å². The van der Waals surface area contributed by atoms with Gasteiger partial charge in [0.05, 0.1) is 6.04 Å². The molecule has 0 spiro atoms. The summed E-state index contributed by atoms with van der Waals surface area (Å²) in [5.41, 5.74) is 2.12. The molecule has 1 N–H and O–H groups in total. The molecule has 1 aliphatic heterocycles. The minimum absolute atomic E-state index is 0.303. The Kier molecular flexibility index (Phi) is 6.30. The van der Waals surface area contributed by atoms with Crippen molar-refractivity contribution in [1.82, 2.24) is 0 Å². The molecule has 0 saturated carbocycles. The molecule has 164 valence electrons. The van der Waals surface area contributed by atoms with Crippen LogP contribution in [0.15, 0.2) is 93.5 Å². The van der Waals surface area contributed by atoms with Gasteiger partial charge >= 0.3 is 6.36 Å². The van der Waals surface area contributed by atoms with Gasteiger partial charge in [-0.15, -0.1) is 13.2 Å². The van der Waals surface area contributed by atoms with Crippen LogP contribution in [-0.2, 0) is 4.79 Å². The number of carbonyl (C=O) groups excluding carboxylic acids is 1. The Hall–Kier alpha value is -2.78. The minimum atomic E-state index is -4.81. The second kappa shape index (κ2) is 8.99. The van der Waals surface area contributed by atoms with Gasteiger partial charge in [0.2, 0.25) is 0 Å². The number of anilines is 2. The van der Waals surface area contributed by atoms with E-state index in [-0.39, 0.29) is 11.7 Å². The van der Waals surface area contributed by atoms with E-state index in [9.17, 15) is 18.0 Å². The smallest absolute Gasteiger partial charge is 0.406 e. The summed E-state index contributed by atoms with van der Waals surface area (Å²) in [6.07, 6.45) is -3.11. The van der Waals surface area contributed by atoms with Crippen LogP contribution in [0.3, 0.4) is 0 Å². The maximum atomic E-state index is 13.3. The Bertz CT molecular complexity index is 1160. The lowest BCUT2D eigenvalue weighted by atomic mass is 10.1. The van der Waals surface area contributed by atoms with Crippen LogP contribution in [0.2, 0.25) is 0 Å². The number of amides is 1. The maximum absolute atomic E-state index is 13.3. The summed E-state index contributed by atoms with van der Waals surface area (Å²) in [4.78, 5) is 14.9. The van der Waals surface area contributed by atoms with Gasteiger partial charge in [0.15, 0.2) is 0 Å². The summed E-state index contributed by atoms with van der Waals surface area (Å²) >= 11 is 6.74. The van der Waals surface area contributed by atoms with Gasteiger partial charge in [0.25, 0.3) is 5.91 Å². The zero-order valence-electron chi connectivity index (χ0n) is 16.2. The minimum Gasteiger partial charge on any atom is -0.406 e. The molecule has 1 unspecified atom stereocenters. The fraction of sp³-hybridized carbons (Fsp3) is 0.0870. The first-order valence-electron chi connectivity index (χ1n) is 9.39. The number of halogens is 5. The van der Waals surface area contributed by atoms with Crippen LogP contribution in [0.1, 0.15) is 11.6 Å². The highest BCUT2D eigenvalue weighted by Crippen LogP contribution is 2.38. The van der Waals surface area contributed by atoms with E-state index in [0.717, 1.165) is 8.95 Å². The summed E-state index contributed by atoms with van der Waals surface area (Å²) < 4.78 is 43.9. The first kappa shape index (κ1) is 22.4. The third kappa shape index (κ3) is 5.16. The van der Waals surface area contributed by atoms with E-state index >= 15 is 0 Å². The highest BCUT2D eigenvalue weighted by atomic mass is 79.9. The van der Waals surface area contributed by atoms with Crippen LogP contribution >= 0.6 is 31.9 Å². The summed E-state index contributed by atoms with van der Waals surface area (Å²) in [5, 5.41) is 3.11. The van der Waals surface area contributed by atoms with Gasteiger partial charge in [0, 0.05) is 20.3 Å². The molecule has 3 aromatic carbocycles. The highest BCUT2D eigenvalue weighted by Gasteiger charge is 2.36. The van der Waals surface area contributed by atoms with Crippen molar-refractivity contribution in [3.63, 3.8) is 0 Å². The molecule has 1 heterocycles. The molecule has 0 bridgehead atoms. The number of rotatable bonds is 5. The third-order valence-electron chi connectivity index (χ3n) is 4.71. The van der Waals surface area contributed by atoms with E-state index in [1.54, 1.807) is 36.4 Å². The molecule has 1 atom stereocenters. The van der Waals surface area contributed by atoms with Crippen molar-refractivity contribution in [3.05, 3.63) is 99.1 Å². The molecule has 0 fully saturated rings. The summed E-state index contributed by atoms with van der Waals surface area (Å²) in [7, 11) is 0. The van der Waals surface area contributed by atoms with Gasteiger partial charge in [-0.2, -0.15) is 0 Å². The standard InChI is InChI=1S/C23H15Br2F3N2O2/c24-15-4-8-17(9-5-15)29-20-13-21(14-2-1-3-19(12-14)32-23(26,27)28)30(22(20)31)18-10-6-16(25)7-11-18/h1-13,21,29H. The lowest BCUT2D eigenvalue weighted by Gasteiger charge is -2.25. The fourth-order valence-electron chi connectivity index (χ4n) is 3.36. The molecule has 3 aromatic rings. The third-order valence-corrected chi connectivity index (χ3v) is 5.77. The van der Waals surface area contributed by atoms with Crippen LogP contribution < -0.4 is 15.0 Å². The number of benzene rings is 3. The van der Waals surface area contributed by atoms with Gasteiger partial charge in [-0.25, -0.2) is 0 Å². The molecule has 9 heteroatoms. The number of nitrogens with one attached hydrogen (secondary N) is 1. The molecule has 4 nitrogen and oxygen atoms in total. The van der Waals surface area contributed by atoms with Crippen LogP contribution in [0, 0.1) is 0 Å². The molecule has 1 aliphatic rings. The second-order valence-electron chi connectivity index (χ2n) is 6.93. The molecule has 1 amide bonds. The van der Waals surface area contributed by atoms with Gasteiger partial charge in [-0.3, -0.25) is 9.69 Å². The van der Waals surface area contributed by atoms with Crippen molar-refractivity contribution in [3.8, 4) is 5.75 Å². The first-order chi connectivity index (χ1) is 15.2. The summed E-state index contributed by atoms with van der Waals surface area (Å²) in [5.74, 6) is -0.650. The van der Waals surface area contributed by atoms with E-state index in [1.165, 1.54) is 23.1 Å². The molecule has 4 rings (SSSR count). The van der Waals surface area contributed by atoms with Crippen molar-refractivity contribution < 1.29 is 22.7 Å². The first-order valence-corrected chi connectivity index (χ1v) is 11.0. The summed E-state index contributed by atoms with van der Waals surface area (Å²) in [6, 6.07) is 19.4. The maximum Gasteiger partial charge on any atom is 0.573 e. The largest absolute Gasteiger partial charge is 0.573 e. The predicted molar refractivity (Wildman–Crippen MR) is 123 cm³/mol. The van der Waals surface area contributed by atoms with E-state index in [0.29, 0.717) is 22.6 Å². The monoisotopic (exact) mass is 566 g/mol. The van der Waals surface area contributed by atoms with Gasteiger partial charge in [-0.05, 0) is 72.3 Å². The predicted octanol–water partition coefficient (Wildman–Crippen LogP) is 7.19. The molecule has 32 heavy (non-hydrogen) atoms. The Morgan fingerprint density at radius 2 is 1.53 bits per heavy atom. The molecule has 0 saturated heterocycles. The van der Waals surface area contributed by atoms with E-state index < -0.39 is 12.4 Å². The average Bonchev–Trinajstić information content (AvgIpc) is 3.05. The van der Waals surface area contributed by atoms with Gasteiger partial charge < -0.3 is 10.1 Å². The Balaban J connectivity index is 1.72. The number of carbonyl (C=O) groups is 1. The van der Waals surface area contributed by atoms with Crippen molar-refractivity contribution >= 4 is 49.1 Å². The lowest BCUT2D eigenvalue weighted by Crippen LogP contribution is -2.30. The second-order valence-corrected chi connectivity index (χ2v) is 8.76. The molecular weight excluding hydrogens is 553 g/mol. The van der Waals surface area contributed by atoms with Crippen molar-refractivity contribution in [2.45, 2.75) is 12.4 Å². The number of ether oxygens (including phenoxy) is 1. The molecular formula is C23H15Br2F3N2O2. The highest BCUT2D eigenvalue weighted by molar-refractivity contribution is 9.10. The lowest BCUT2D eigenvalue weighted by molar-refractivity contribution is -0.274. The number of nitrogens with zero attached hydrogens (tertiary/aromatic N) is 1. The summed E-state index contributed by atoms with van der Waals surface area (Å²) in [6.45, 7) is 0. The zero-order chi connectivity index (χ0) is 22.9. The number of hydrogen-bond acceptors (Lipinski definition) is 3.